The van der Waals surface area contributed by atoms with Crippen molar-refractivity contribution in [2.75, 3.05) is 0 Å². The minimum atomic E-state index is -0.277. The third-order valence-corrected chi connectivity index (χ3v) is 4.27. The third kappa shape index (κ3) is 1.86. The number of halogens is 1. The number of H-pyrrole nitrogens is 2. The Morgan fingerprint density at radius 3 is 2.72 bits per heavy atom. The number of thiophene rings is 1. The van der Waals surface area contributed by atoms with Gasteiger partial charge >= 0.3 is 5.69 Å². The van der Waals surface area contributed by atoms with Gasteiger partial charge in [0.25, 0.3) is 0 Å². The normalized spacial score (nSPS) is 13.0. The second kappa shape index (κ2) is 4.28. The van der Waals surface area contributed by atoms with E-state index in [0.29, 0.717) is 5.02 Å². The quantitative estimate of drug-likeness (QED) is 0.674. The summed E-state index contributed by atoms with van der Waals surface area (Å²) in [6.45, 7) is 0. The van der Waals surface area contributed by atoms with Crippen molar-refractivity contribution in [2.24, 2.45) is 5.73 Å². The molecule has 3 rings (SSSR count). The molecule has 2 aromatic heterocycles. The summed E-state index contributed by atoms with van der Waals surface area (Å²) >= 11 is 7.60. The van der Waals surface area contributed by atoms with Gasteiger partial charge < -0.3 is 15.7 Å². The van der Waals surface area contributed by atoms with E-state index in [1.165, 1.54) is 11.3 Å². The van der Waals surface area contributed by atoms with Crippen LogP contribution in [0, 0.1) is 0 Å². The molecule has 0 aliphatic carbocycles. The summed E-state index contributed by atoms with van der Waals surface area (Å²) in [7, 11) is 0. The van der Waals surface area contributed by atoms with Gasteiger partial charge in [-0.15, -0.1) is 11.3 Å². The van der Waals surface area contributed by atoms with Gasteiger partial charge in [-0.2, -0.15) is 0 Å². The zero-order valence-corrected chi connectivity index (χ0v) is 10.8. The second-order valence-electron chi connectivity index (χ2n) is 3.99. The molecule has 0 fully saturated rings. The van der Waals surface area contributed by atoms with Crippen LogP contribution in [-0.4, -0.2) is 9.97 Å². The van der Waals surface area contributed by atoms with Crippen LogP contribution in [-0.2, 0) is 0 Å². The van der Waals surface area contributed by atoms with Crippen LogP contribution in [0.4, 0.5) is 0 Å². The molecule has 0 spiro atoms. The van der Waals surface area contributed by atoms with Crippen molar-refractivity contribution >= 4 is 34.0 Å². The molecule has 0 aliphatic rings. The highest BCUT2D eigenvalue weighted by atomic mass is 35.5. The summed E-state index contributed by atoms with van der Waals surface area (Å²) in [5, 5.41) is 2.59. The molecular formula is C12H10ClN3OS. The molecule has 4 N–H and O–H groups in total. The molecular weight excluding hydrogens is 270 g/mol. The first-order valence-electron chi connectivity index (χ1n) is 5.35. The molecule has 0 amide bonds. The topological polar surface area (TPSA) is 74.7 Å². The van der Waals surface area contributed by atoms with Crippen LogP contribution < -0.4 is 11.4 Å². The Labute approximate surface area is 111 Å². The van der Waals surface area contributed by atoms with Crippen LogP contribution in [0.25, 0.3) is 11.0 Å². The number of hydrogen-bond acceptors (Lipinski definition) is 3. The highest BCUT2D eigenvalue weighted by Gasteiger charge is 2.14. The second-order valence-corrected chi connectivity index (χ2v) is 5.35. The van der Waals surface area contributed by atoms with E-state index in [2.05, 4.69) is 9.97 Å². The van der Waals surface area contributed by atoms with E-state index in [1.807, 2.05) is 29.6 Å². The van der Waals surface area contributed by atoms with E-state index in [1.54, 1.807) is 0 Å². The van der Waals surface area contributed by atoms with Crippen LogP contribution in [0.15, 0.2) is 34.4 Å². The molecule has 4 nitrogen and oxygen atoms in total. The number of aromatic amines is 2. The maximum atomic E-state index is 11.2. The predicted octanol–water partition coefficient (Wildman–Crippen LogP) is 2.62. The minimum absolute atomic E-state index is 0.218. The molecule has 1 unspecified atom stereocenters. The SMILES string of the molecule is NC(c1ccc2[nH]c(=O)[nH]c2c1)c1sccc1Cl. The molecule has 0 radical (unpaired) electrons. The standard InChI is InChI=1S/C12H10ClN3OS/c13-7-3-4-18-11(7)10(14)6-1-2-8-9(5-6)16-12(17)15-8/h1-5,10H,14H2,(H2,15,16,17). The van der Waals surface area contributed by atoms with Crippen molar-refractivity contribution in [3.63, 3.8) is 0 Å². The van der Waals surface area contributed by atoms with Gasteiger partial charge in [0.1, 0.15) is 0 Å². The van der Waals surface area contributed by atoms with E-state index in [9.17, 15) is 4.79 Å². The first kappa shape index (κ1) is 11.5. The van der Waals surface area contributed by atoms with Crippen molar-refractivity contribution in [3.8, 4) is 0 Å². The Hall–Kier alpha value is -1.56. The maximum absolute atomic E-state index is 11.2. The number of nitrogens with one attached hydrogen (secondary N) is 2. The van der Waals surface area contributed by atoms with Gasteiger partial charge in [-0.3, -0.25) is 0 Å². The molecule has 18 heavy (non-hydrogen) atoms. The Kier molecular flexibility index (Phi) is 2.74. The van der Waals surface area contributed by atoms with Gasteiger partial charge in [0.05, 0.1) is 22.1 Å². The van der Waals surface area contributed by atoms with Crippen LogP contribution in [0.1, 0.15) is 16.5 Å². The van der Waals surface area contributed by atoms with Crippen LogP contribution in [0.2, 0.25) is 5.02 Å². The average molecular weight is 280 g/mol. The Morgan fingerprint density at radius 2 is 2.00 bits per heavy atom. The van der Waals surface area contributed by atoms with E-state index in [4.69, 9.17) is 17.3 Å². The fourth-order valence-corrected chi connectivity index (χ4v) is 3.13. The van der Waals surface area contributed by atoms with Crippen LogP contribution in [0.5, 0.6) is 0 Å². The van der Waals surface area contributed by atoms with E-state index >= 15 is 0 Å². The number of rotatable bonds is 2. The van der Waals surface area contributed by atoms with Crippen LogP contribution >= 0.6 is 22.9 Å². The van der Waals surface area contributed by atoms with Crippen molar-refractivity contribution in [3.05, 3.63) is 55.6 Å². The van der Waals surface area contributed by atoms with E-state index in [-0.39, 0.29) is 11.7 Å². The summed E-state index contributed by atoms with van der Waals surface area (Å²) < 4.78 is 0. The molecule has 2 heterocycles. The first-order valence-corrected chi connectivity index (χ1v) is 6.61. The van der Waals surface area contributed by atoms with Gasteiger partial charge in [0, 0.05) is 4.88 Å². The predicted molar refractivity (Wildman–Crippen MR) is 74.3 cm³/mol. The fourth-order valence-electron chi connectivity index (χ4n) is 1.92. The minimum Gasteiger partial charge on any atom is -0.320 e. The fraction of sp³-hybridized carbons (Fsp3) is 0.0833. The first-order chi connectivity index (χ1) is 8.65. The van der Waals surface area contributed by atoms with Crippen molar-refractivity contribution in [2.45, 2.75) is 6.04 Å². The summed E-state index contributed by atoms with van der Waals surface area (Å²) in [6.07, 6.45) is 0. The number of aromatic nitrogens is 2. The van der Waals surface area contributed by atoms with Gasteiger partial charge in [-0.1, -0.05) is 17.7 Å². The lowest BCUT2D eigenvalue weighted by atomic mass is 10.1. The maximum Gasteiger partial charge on any atom is 0.323 e. The number of fused-ring (bicyclic) bond motifs is 1. The summed E-state index contributed by atoms with van der Waals surface area (Å²) in [4.78, 5) is 17.5. The van der Waals surface area contributed by atoms with Gasteiger partial charge in [0.2, 0.25) is 0 Å². The van der Waals surface area contributed by atoms with Crippen molar-refractivity contribution in [1.29, 1.82) is 0 Å². The lowest BCUT2D eigenvalue weighted by molar-refractivity contribution is 0.895. The Bertz CT molecular complexity index is 758. The van der Waals surface area contributed by atoms with Gasteiger partial charge in [-0.05, 0) is 29.1 Å². The lowest BCUT2D eigenvalue weighted by Gasteiger charge is -2.10. The number of hydrogen-bond donors (Lipinski definition) is 3. The summed E-state index contributed by atoms with van der Waals surface area (Å²) in [6, 6.07) is 7.16. The molecule has 0 aliphatic heterocycles. The smallest absolute Gasteiger partial charge is 0.320 e. The third-order valence-electron chi connectivity index (χ3n) is 2.83. The van der Waals surface area contributed by atoms with Crippen molar-refractivity contribution in [1.82, 2.24) is 9.97 Å². The zero-order valence-electron chi connectivity index (χ0n) is 9.24. The molecule has 3 aromatic rings. The summed E-state index contributed by atoms with van der Waals surface area (Å²) in [5.41, 5.74) is 8.41. The monoisotopic (exact) mass is 279 g/mol. The van der Waals surface area contributed by atoms with Crippen LogP contribution in [0.3, 0.4) is 0 Å². The van der Waals surface area contributed by atoms with Gasteiger partial charge in [-0.25, -0.2) is 4.79 Å². The average Bonchev–Trinajstić information content (AvgIpc) is 2.91. The molecule has 1 atom stereocenters. The molecule has 92 valence electrons. The molecule has 0 saturated carbocycles. The molecule has 0 bridgehead atoms. The van der Waals surface area contributed by atoms with E-state index in [0.717, 1.165) is 21.5 Å². The number of nitrogens with two attached hydrogens (primary N) is 1. The number of benzene rings is 1. The highest BCUT2D eigenvalue weighted by Crippen LogP contribution is 2.31. The molecule has 1 aromatic carbocycles. The summed E-state index contributed by atoms with van der Waals surface area (Å²) in [5.74, 6) is 0. The largest absolute Gasteiger partial charge is 0.323 e. The van der Waals surface area contributed by atoms with E-state index < -0.39 is 0 Å². The lowest BCUT2D eigenvalue weighted by Crippen LogP contribution is -2.10. The zero-order chi connectivity index (χ0) is 12.7. The molecule has 0 saturated heterocycles. The Morgan fingerprint density at radius 1 is 1.22 bits per heavy atom. The van der Waals surface area contributed by atoms with Gasteiger partial charge in [0.15, 0.2) is 0 Å². The van der Waals surface area contributed by atoms with Crippen molar-refractivity contribution < 1.29 is 0 Å². The molecule has 6 heteroatoms. The Balaban J connectivity index is 2.09. The number of imidazole rings is 1. The highest BCUT2D eigenvalue weighted by molar-refractivity contribution is 7.10.